The molecule has 2 saturated heterocycles. The summed E-state index contributed by atoms with van der Waals surface area (Å²) in [5.74, 6) is 0.178. The largest absolute Gasteiger partial charge is 0.396 e. The number of carbonyl (C=O) groups excluding carboxylic acids is 1. The van der Waals surface area contributed by atoms with Crippen molar-refractivity contribution in [2.75, 3.05) is 33.3 Å². The minimum Gasteiger partial charge on any atom is -0.396 e. The number of hydrogen-bond acceptors (Lipinski definition) is 3. The third kappa shape index (κ3) is 2.72. The van der Waals surface area contributed by atoms with Gasteiger partial charge in [0.25, 0.3) is 0 Å². The van der Waals surface area contributed by atoms with Gasteiger partial charge in [0, 0.05) is 36.9 Å². The third-order valence-electron chi connectivity index (χ3n) is 5.35. The zero-order valence-electron chi connectivity index (χ0n) is 12.7. The average Bonchev–Trinajstić information content (AvgIpc) is 3.00. The van der Waals surface area contributed by atoms with Crippen LogP contribution in [0.3, 0.4) is 0 Å². The molecule has 3 rings (SSSR count). The van der Waals surface area contributed by atoms with E-state index in [0.29, 0.717) is 12.6 Å². The van der Waals surface area contributed by atoms with Crippen LogP contribution in [0.1, 0.15) is 19.3 Å². The molecular weight excluding hydrogens is 266 g/mol. The van der Waals surface area contributed by atoms with Crippen LogP contribution < -0.4 is 0 Å². The first-order chi connectivity index (χ1) is 10.1. The lowest BCUT2D eigenvalue weighted by molar-refractivity contribution is -0.140. The maximum Gasteiger partial charge on any atom is 0.242 e. The van der Waals surface area contributed by atoms with Gasteiger partial charge in [0.15, 0.2) is 0 Å². The van der Waals surface area contributed by atoms with E-state index in [0.717, 1.165) is 38.9 Å². The summed E-state index contributed by atoms with van der Waals surface area (Å²) in [6.45, 7) is 3.23. The number of amides is 1. The number of piperidine rings is 2. The van der Waals surface area contributed by atoms with Gasteiger partial charge in [0.2, 0.25) is 5.91 Å². The molecule has 1 aromatic rings. The minimum atomic E-state index is -0.00275. The molecular formula is C16H25N3O2. The van der Waals surface area contributed by atoms with Crippen molar-refractivity contribution in [2.24, 2.45) is 5.41 Å². The first kappa shape index (κ1) is 14.6. The Balaban J connectivity index is 1.69. The number of aliphatic hydroxyl groups excluding tert-OH is 1. The predicted octanol–water partition coefficient (Wildman–Crippen LogP) is 0.793. The molecule has 5 nitrogen and oxygen atoms in total. The molecule has 0 spiro atoms. The molecule has 1 N–H and O–H groups in total. The van der Waals surface area contributed by atoms with Crippen LogP contribution >= 0.6 is 0 Å². The van der Waals surface area contributed by atoms with Crippen LogP contribution in [0.15, 0.2) is 24.5 Å². The van der Waals surface area contributed by atoms with Crippen LogP contribution in [-0.2, 0) is 11.3 Å². The van der Waals surface area contributed by atoms with Crippen molar-refractivity contribution in [1.82, 2.24) is 14.4 Å². The summed E-state index contributed by atoms with van der Waals surface area (Å²) < 4.78 is 1.92. The molecule has 0 bridgehead atoms. The number of likely N-dealkylation sites (tertiary alicyclic amines) is 2. The molecule has 0 aromatic carbocycles. The Morgan fingerprint density at radius 3 is 2.76 bits per heavy atom. The van der Waals surface area contributed by atoms with E-state index in [-0.39, 0.29) is 17.9 Å². The fourth-order valence-corrected chi connectivity index (χ4v) is 3.97. The van der Waals surface area contributed by atoms with Gasteiger partial charge >= 0.3 is 0 Å². The van der Waals surface area contributed by atoms with Gasteiger partial charge in [-0.15, -0.1) is 0 Å². The van der Waals surface area contributed by atoms with Crippen LogP contribution in [0.2, 0.25) is 0 Å². The lowest BCUT2D eigenvalue weighted by Gasteiger charge is -2.53. The minimum absolute atomic E-state index is 0.00275. The molecule has 116 valence electrons. The lowest BCUT2D eigenvalue weighted by atomic mass is 9.69. The number of likely N-dealkylation sites (N-methyl/N-ethyl adjacent to an activating group) is 1. The Bertz CT molecular complexity index is 488. The molecule has 2 atom stereocenters. The second-order valence-corrected chi connectivity index (χ2v) is 6.57. The van der Waals surface area contributed by atoms with Crippen molar-refractivity contribution >= 4 is 5.91 Å². The van der Waals surface area contributed by atoms with E-state index in [1.165, 1.54) is 0 Å². The number of fused-ring (bicyclic) bond motifs is 1. The smallest absolute Gasteiger partial charge is 0.242 e. The van der Waals surface area contributed by atoms with E-state index < -0.39 is 0 Å². The number of aromatic nitrogens is 1. The van der Waals surface area contributed by atoms with E-state index in [4.69, 9.17) is 0 Å². The highest BCUT2D eigenvalue weighted by atomic mass is 16.3. The highest BCUT2D eigenvalue weighted by Crippen LogP contribution is 2.41. The molecule has 21 heavy (non-hydrogen) atoms. The average molecular weight is 291 g/mol. The second kappa shape index (κ2) is 5.81. The monoisotopic (exact) mass is 291 g/mol. The number of rotatable bonds is 3. The molecule has 1 aromatic heterocycles. The normalized spacial score (nSPS) is 30.2. The number of hydrogen-bond donors (Lipinski definition) is 1. The number of carbonyl (C=O) groups is 1. The molecule has 1 amide bonds. The summed E-state index contributed by atoms with van der Waals surface area (Å²) in [5, 5.41) is 9.89. The topological polar surface area (TPSA) is 48.7 Å². The maximum atomic E-state index is 12.5. The van der Waals surface area contributed by atoms with E-state index >= 15 is 0 Å². The molecule has 3 heterocycles. The van der Waals surface area contributed by atoms with Crippen LogP contribution in [-0.4, -0.2) is 64.7 Å². The van der Waals surface area contributed by atoms with E-state index in [9.17, 15) is 9.90 Å². The van der Waals surface area contributed by atoms with Crippen molar-refractivity contribution in [2.45, 2.75) is 31.8 Å². The molecule has 0 radical (unpaired) electrons. The van der Waals surface area contributed by atoms with Crippen LogP contribution in [0, 0.1) is 5.41 Å². The second-order valence-electron chi connectivity index (χ2n) is 6.57. The maximum absolute atomic E-state index is 12.5. The van der Waals surface area contributed by atoms with Gasteiger partial charge in [-0.05, 0) is 45.0 Å². The Morgan fingerprint density at radius 2 is 2.05 bits per heavy atom. The van der Waals surface area contributed by atoms with E-state index in [1.54, 1.807) is 0 Å². The summed E-state index contributed by atoms with van der Waals surface area (Å²) in [7, 11) is 2.12. The van der Waals surface area contributed by atoms with Gasteiger partial charge in [-0.2, -0.15) is 0 Å². The van der Waals surface area contributed by atoms with Gasteiger partial charge in [-0.25, -0.2) is 0 Å². The van der Waals surface area contributed by atoms with Crippen molar-refractivity contribution in [3.63, 3.8) is 0 Å². The number of aliphatic hydroxyl groups is 1. The van der Waals surface area contributed by atoms with Crippen LogP contribution in [0.5, 0.6) is 0 Å². The molecule has 5 heteroatoms. The van der Waals surface area contributed by atoms with Crippen molar-refractivity contribution in [3.05, 3.63) is 24.5 Å². The van der Waals surface area contributed by atoms with E-state index in [1.807, 2.05) is 34.0 Å². The van der Waals surface area contributed by atoms with Gasteiger partial charge in [-0.1, -0.05) is 0 Å². The van der Waals surface area contributed by atoms with Gasteiger partial charge in [-0.3, -0.25) is 4.79 Å². The molecule has 0 saturated carbocycles. The number of nitrogens with zero attached hydrogens (tertiary/aromatic N) is 3. The van der Waals surface area contributed by atoms with Gasteiger partial charge in [0.05, 0.1) is 6.61 Å². The Kier molecular flexibility index (Phi) is 4.04. The van der Waals surface area contributed by atoms with Crippen molar-refractivity contribution < 1.29 is 9.90 Å². The Labute approximate surface area is 126 Å². The predicted molar refractivity (Wildman–Crippen MR) is 80.8 cm³/mol. The van der Waals surface area contributed by atoms with Crippen LogP contribution in [0.25, 0.3) is 0 Å². The standard InChI is InChI=1S/C16H25N3O2/c1-17-7-4-5-16(13-20)6-10-19(11-14(16)17)15(21)12-18-8-2-3-9-18/h2-3,8-9,14,20H,4-7,10-13H2,1H3/t14-,16-/m1/s1. The molecule has 0 unspecified atom stereocenters. The quantitative estimate of drug-likeness (QED) is 0.896. The van der Waals surface area contributed by atoms with Gasteiger partial charge in [0.1, 0.15) is 6.54 Å². The zero-order chi connectivity index (χ0) is 14.9. The van der Waals surface area contributed by atoms with Crippen molar-refractivity contribution in [1.29, 1.82) is 0 Å². The molecule has 2 fully saturated rings. The highest BCUT2D eigenvalue weighted by Gasteiger charge is 2.47. The van der Waals surface area contributed by atoms with E-state index in [2.05, 4.69) is 11.9 Å². The fourth-order valence-electron chi connectivity index (χ4n) is 3.97. The molecule has 2 aliphatic heterocycles. The summed E-state index contributed by atoms with van der Waals surface area (Å²) >= 11 is 0. The molecule has 2 aliphatic rings. The van der Waals surface area contributed by atoms with Crippen molar-refractivity contribution in [3.8, 4) is 0 Å². The first-order valence-electron chi connectivity index (χ1n) is 7.84. The molecule has 0 aliphatic carbocycles. The third-order valence-corrected chi connectivity index (χ3v) is 5.35. The fraction of sp³-hybridized carbons (Fsp3) is 0.688. The van der Waals surface area contributed by atoms with Gasteiger partial charge < -0.3 is 19.5 Å². The summed E-state index contributed by atoms with van der Waals surface area (Å²) in [6, 6.07) is 4.17. The highest BCUT2D eigenvalue weighted by molar-refractivity contribution is 5.76. The zero-order valence-corrected chi connectivity index (χ0v) is 12.7. The Hall–Kier alpha value is -1.33. The first-order valence-corrected chi connectivity index (χ1v) is 7.84. The Morgan fingerprint density at radius 1 is 1.29 bits per heavy atom. The summed E-state index contributed by atoms with van der Waals surface area (Å²) in [4.78, 5) is 16.8. The van der Waals surface area contributed by atoms with Crippen LogP contribution in [0.4, 0.5) is 0 Å². The SMILES string of the molecule is CN1CCC[C@]2(CO)CCN(C(=O)Cn3cccc3)C[C@@H]12. The summed E-state index contributed by atoms with van der Waals surface area (Å²) in [5.41, 5.74) is -0.00275. The lowest BCUT2D eigenvalue weighted by Crippen LogP contribution is -2.62. The summed E-state index contributed by atoms with van der Waals surface area (Å²) in [6.07, 6.45) is 6.98.